The third kappa shape index (κ3) is 7.01. The molecule has 3 nitrogen and oxygen atoms in total. The number of halogens is 3. The topological polar surface area (TPSA) is 53.3 Å². The Hall–Kier alpha value is 0.0400. The van der Waals surface area contributed by atoms with Gasteiger partial charge in [-0.15, -0.1) is 0 Å². The van der Waals surface area contributed by atoms with E-state index in [1.807, 2.05) is 13.8 Å². The van der Waals surface area contributed by atoms with Crippen molar-refractivity contribution in [2.45, 2.75) is 23.7 Å². The molecule has 0 rings (SSSR count). The first-order valence-electron chi connectivity index (χ1n) is 4.38. The van der Waals surface area contributed by atoms with Crippen LogP contribution in [0, 0.1) is 11.3 Å². The molecule has 1 atom stereocenters. The molecule has 0 aliphatic rings. The van der Waals surface area contributed by atoms with Crippen LogP contribution < -0.4 is 0 Å². The van der Waals surface area contributed by atoms with Crippen LogP contribution in [0.4, 0.5) is 0 Å². The maximum atomic E-state index is 9.38. The van der Waals surface area contributed by atoms with Crippen LogP contribution in [-0.4, -0.2) is 27.5 Å². The van der Waals surface area contributed by atoms with Gasteiger partial charge in [0.2, 0.25) is 5.90 Å². The number of aliphatic hydroxyl groups excluding tert-OH is 1. The molecule has 0 aromatic carbocycles. The van der Waals surface area contributed by atoms with Crippen molar-refractivity contribution < 1.29 is 9.84 Å². The molecular weight excluding hydrogens is 260 g/mol. The fourth-order valence-corrected chi connectivity index (χ4v) is 0.794. The molecular formula is C9H14Cl3NO2. The molecule has 0 aromatic rings. The predicted octanol–water partition coefficient (Wildman–Crippen LogP) is 2.92. The van der Waals surface area contributed by atoms with E-state index in [0.717, 1.165) is 0 Å². The van der Waals surface area contributed by atoms with Gasteiger partial charge >= 0.3 is 0 Å². The zero-order valence-corrected chi connectivity index (χ0v) is 10.8. The fourth-order valence-electron chi connectivity index (χ4n) is 0.630. The summed E-state index contributed by atoms with van der Waals surface area (Å²) in [5, 5.41) is 16.6. The molecule has 6 heteroatoms. The zero-order chi connectivity index (χ0) is 12.1. The maximum absolute atomic E-state index is 9.38. The highest BCUT2D eigenvalue weighted by Gasteiger charge is 2.28. The second-order valence-corrected chi connectivity index (χ2v) is 5.58. The van der Waals surface area contributed by atoms with Crippen LogP contribution in [0.25, 0.3) is 0 Å². The van der Waals surface area contributed by atoms with Gasteiger partial charge in [0.05, 0.1) is 6.10 Å². The first-order chi connectivity index (χ1) is 6.75. The highest BCUT2D eigenvalue weighted by molar-refractivity contribution is 6.76. The zero-order valence-electron chi connectivity index (χ0n) is 8.51. The van der Waals surface area contributed by atoms with E-state index in [2.05, 4.69) is 0 Å². The Morgan fingerprint density at radius 2 is 2.00 bits per heavy atom. The molecule has 0 fully saturated rings. The van der Waals surface area contributed by atoms with Crippen LogP contribution in [0.3, 0.4) is 0 Å². The summed E-state index contributed by atoms with van der Waals surface area (Å²) in [7, 11) is 0. The first kappa shape index (κ1) is 15.0. The van der Waals surface area contributed by atoms with E-state index in [4.69, 9.17) is 44.9 Å². The van der Waals surface area contributed by atoms with Crippen molar-refractivity contribution in [1.29, 1.82) is 5.41 Å². The van der Waals surface area contributed by atoms with Crippen LogP contribution >= 0.6 is 34.8 Å². The Morgan fingerprint density at radius 1 is 1.47 bits per heavy atom. The highest BCUT2D eigenvalue weighted by Crippen LogP contribution is 2.27. The summed E-state index contributed by atoms with van der Waals surface area (Å²) >= 11 is 16.2. The van der Waals surface area contributed by atoms with Gasteiger partial charge in [-0.05, 0) is 12.0 Å². The second-order valence-electron chi connectivity index (χ2n) is 3.30. The Labute approximate surface area is 104 Å². The van der Waals surface area contributed by atoms with Crippen LogP contribution in [0.2, 0.25) is 0 Å². The second kappa shape index (κ2) is 6.59. The molecule has 0 saturated heterocycles. The lowest BCUT2D eigenvalue weighted by Crippen LogP contribution is -2.21. The lowest BCUT2D eigenvalue weighted by Gasteiger charge is -2.12. The molecule has 0 bridgehead atoms. The molecule has 0 radical (unpaired) electrons. The molecule has 15 heavy (non-hydrogen) atoms. The summed E-state index contributed by atoms with van der Waals surface area (Å²) in [6, 6.07) is 0. The van der Waals surface area contributed by atoms with Crippen molar-refractivity contribution in [1.82, 2.24) is 0 Å². The summed E-state index contributed by atoms with van der Waals surface area (Å²) in [6.07, 6.45) is 2.63. The van der Waals surface area contributed by atoms with Crippen molar-refractivity contribution in [2.24, 2.45) is 5.92 Å². The van der Waals surface area contributed by atoms with Crippen LogP contribution in [0.5, 0.6) is 0 Å². The van der Waals surface area contributed by atoms with Crippen molar-refractivity contribution in [3.05, 3.63) is 12.2 Å². The van der Waals surface area contributed by atoms with Gasteiger partial charge in [-0.25, -0.2) is 0 Å². The quantitative estimate of drug-likeness (QED) is 0.358. The van der Waals surface area contributed by atoms with Crippen LogP contribution in [0.1, 0.15) is 13.8 Å². The monoisotopic (exact) mass is 273 g/mol. The summed E-state index contributed by atoms with van der Waals surface area (Å²) in [4.78, 5) is 0. The van der Waals surface area contributed by atoms with Crippen molar-refractivity contribution in [3.8, 4) is 0 Å². The number of nitrogens with one attached hydrogen (secondary N) is 1. The summed E-state index contributed by atoms with van der Waals surface area (Å²) in [5.41, 5.74) is 0. The molecule has 0 aliphatic carbocycles. The SMILES string of the molecule is CC(C)C(O)/C=C/COC(=N)C(Cl)(Cl)Cl. The van der Waals surface area contributed by atoms with E-state index in [1.54, 1.807) is 12.2 Å². The van der Waals surface area contributed by atoms with E-state index in [-0.39, 0.29) is 12.5 Å². The van der Waals surface area contributed by atoms with Gasteiger partial charge in [-0.1, -0.05) is 54.7 Å². The average molecular weight is 275 g/mol. The molecule has 2 N–H and O–H groups in total. The molecule has 0 aromatic heterocycles. The Kier molecular flexibility index (Phi) is 6.60. The van der Waals surface area contributed by atoms with Gasteiger partial charge in [0.15, 0.2) is 0 Å². The van der Waals surface area contributed by atoms with Gasteiger partial charge in [0.25, 0.3) is 3.79 Å². The lowest BCUT2D eigenvalue weighted by atomic mass is 10.1. The summed E-state index contributed by atoms with van der Waals surface area (Å²) in [6.45, 7) is 3.87. The lowest BCUT2D eigenvalue weighted by molar-refractivity contribution is 0.171. The summed E-state index contributed by atoms with van der Waals surface area (Å²) in [5.74, 6) is -0.301. The molecule has 88 valence electrons. The van der Waals surface area contributed by atoms with E-state index in [1.165, 1.54) is 0 Å². The first-order valence-corrected chi connectivity index (χ1v) is 5.51. The Balaban J connectivity index is 3.85. The minimum absolute atomic E-state index is 0.0938. The fraction of sp³-hybridized carbons (Fsp3) is 0.667. The van der Waals surface area contributed by atoms with Gasteiger partial charge < -0.3 is 9.84 Å². The minimum Gasteiger partial charge on any atom is -0.474 e. The van der Waals surface area contributed by atoms with Crippen LogP contribution in [-0.2, 0) is 4.74 Å². The molecule has 0 heterocycles. The standard InChI is InChI=1S/C9H14Cl3NO2/c1-6(2)7(14)4-3-5-15-8(13)9(10,11)12/h3-4,6-7,13-14H,5H2,1-2H3/b4-3+,13-8?. The molecule has 0 aliphatic heterocycles. The Morgan fingerprint density at radius 3 is 2.40 bits per heavy atom. The predicted molar refractivity (Wildman–Crippen MR) is 64.0 cm³/mol. The normalized spacial score (nSPS) is 14.6. The number of rotatable bonds is 4. The van der Waals surface area contributed by atoms with E-state index < -0.39 is 15.8 Å². The smallest absolute Gasteiger partial charge is 0.265 e. The van der Waals surface area contributed by atoms with Crippen LogP contribution in [0.15, 0.2) is 12.2 Å². The number of alkyl halides is 3. The van der Waals surface area contributed by atoms with E-state index >= 15 is 0 Å². The van der Waals surface area contributed by atoms with Gasteiger partial charge in [-0.2, -0.15) is 0 Å². The number of hydrogen-bond acceptors (Lipinski definition) is 3. The molecule has 0 saturated carbocycles. The third-order valence-electron chi connectivity index (χ3n) is 1.60. The van der Waals surface area contributed by atoms with Crippen molar-refractivity contribution in [2.75, 3.05) is 6.61 Å². The van der Waals surface area contributed by atoms with Gasteiger partial charge in [0, 0.05) is 0 Å². The van der Waals surface area contributed by atoms with Crippen molar-refractivity contribution >= 4 is 40.7 Å². The molecule has 0 spiro atoms. The average Bonchev–Trinajstić information content (AvgIpc) is 2.09. The third-order valence-corrected chi connectivity index (χ3v) is 2.11. The molecule has 0 amide bonds. The highest BCUT2D eigenvalue weighted by atomic mass is 35.6. The largest absolute Gasteiger partial charge is 0.474 e. The van der Waals surface area contributed by atoms with Gasteiger partial charge in [-0.3, -0.25) is 5.41 Å². The number of hydrogen-bond donors (Lipinski definition) is 2. The van der Waals surface area contributed by atoms with E-state index in [0.29, 0.717) is 0 Å². The number of ether oxygens (including phenoxy) is 1. The maximum Gasteiger partial charge on any atom is 0.265 e. The Bertz CT molecular complexity index is 236. The number of aliphatic hydroxyl groups is 1. The summed E-state index contributed by atoms with van der Waals surface area (Å²) < 4.78 is 3.00. The minimum atomic E-state index is -1.83. The van der Waals surface area contributed by atoms with Gasteiger partial charge in [0.1, 0.15) is 6.61 Å². The van der Waals surface area contributed by atoms with E-state index in [9.17, 15) is 5.11 Å². The molecule has 1 unspecified atom stereocenters. The van der Waals surface area contributed by atoms with Crippen molar-refractivity contribution in [3.63, 3.8) is 0 Å².